The lowest BCUT2D eigenvalue weighted by atomic mass is 10.5. The third-order valence-corrected chi connectivity index (χ3v) is 0.994. The summed E-state index contributed by atoms with van der Waals surface area (Å²) in [7, 11) is 8.35. The van der Waals surface area contributed by atoms with Gasteiger partial charge in [0.05, 0.1) is 0 Å². The topological polar surface area (TPSA) is 38.0 Å². The fraction of sp³-hybridized carbons (Fsp3) is 1.00. The van der Waals surface area contributed by atoms with E-state index < -0.39 is 0 Å². The normalized spacial score (nSPS) is 10.0. The summed E-state index contributed by atoms with van der Waals surface area (Å²) in [6, 6.07) is 0. The maximum absolute atomic E-state index is 2.18. The highest BCUT2D eigenvalue weighted by atomic mass is 16.0. The van der Waals surface area contributed by atoms with E-state index in [1.54, 1.807) is 0 Å². The molecule has 3 nitrogen and oxygen atoms in total. The molecular weight excluding hydrogens is 116 g/mol. The number of nitrogens with zero attached hydrogens (tertiary/aromatic N) is 2. The van der Waals surface area contributed by atoms with Crippen molar-refractivity contribution in [3.05, 3.63) is 0 Å². The van der Waals surface area contributed by atoms with E-state index >= 15 is 0 Å². The SMILES string of the molecule is CN(C)CCN(C)C.O. The molecule has 58 valence electrons. The zero-order chi connectivity index (χ0) is 6.57. The first-order valence-electron chi connectivity index (χ1n) is 2.92. The molecule has 0 heterocycles. The molecule has 0 amide bonds. The molecule has 0 saturated carbocycles. The van der Waals surface area contributed by atoms with Crippen molar-refractivity contribution >= 4 is 0 Å². The molecule has 0 aliphatic heterocycles. The Labute approximate surface area is 57.6 Å². The summed E-state index contributed by atoms with van der Waals surface area (Å²) in [6.07, 6.45) is 0. The molecule has 0 unspecified atom stereocenters. The first-order valence-corrected chi connectivity index (χ1v) is 2.92. The molecule has 0 aliphatic rings. The lowest BCUT2D eigenvalue weighted by Crippen LogP contribution is -2.25. The van der Waals surface area contributed by atoms with Gasteiger partial charge in [-0.15, -0.1) is 0 Å². The number of likely N-dealkylation sites (N-methyl/N-ethyl adjacent to an activating group) is 2. The van der Waals surface area contributed by atoms with Crippen LogP contribution in [0.4, 0.5) is 0 Å². The van der Waals surface area contributed by atoms with Crippen molar-refractivity contribution in [2.45, 2.75) is 0 Å². The summed E-state index contributed by atoms with van der Waals surface area (Å²) in [6.45, 7) is 2.29. The fourth-order valence-corrected chi connectivity index (χ4v) is 0.400. The van der Waals surface area contributed by atoms with Crippen LogP contribution in [0.2, 0.25) is 0 Å². The van der Waals surface area contributed by atoms with Crippen molar-refractivity contribution in [3.8, 4) is 0 Å². The minimum Gasteiger partial charge on any atom is -0.412 e. The molecule has 0 atom stereocenters. The van der Waals surface area contributed by atoms with E-state index in [4.69, 9.17) is 0 Å². The molecular formula is C6H18N2O. The average Bonchev–Trinajstić information content (AvgIpc) is 1.61. The fourth-order valence-electron chi connectivity index (χ4n) is 0.400. The standard InChI is InChI=1S/C6H16N2.H2O/c1-7(2)5-6-8(3)4;/h5-6H2,1-4H3;1H2. The van der Waals surface area contributed by atoms with E-state index in [0.717, 1.165) is 13.1 Å². The van der Waals surface area contributed by atoms with Crippen LogP contribution < -0.4 is 0 Å². The highest BCUT2D eigenvalue weighted by Crippen LogP contribution is 1.76. The van der Waals surface area contributed by atoms with Crippen molar-refractivity contribution in [3.63, 3.8) is 0 Å². The van der Waals surface area contributed by atoms with Crippen LogP contribution in [0.25, 0.3) is 0 Å². The van der Waals surface area contributed by atoms with Gasteiger partial charge in [0.2, 0.25) is 0 Å². The summed E-state index contributed by atoms with van der Waals surface area (Å²) < 4.78 is 0. The highest BCUT2D eigenvalue weighted by molar-refractivity contribution is 4.45. The predicted octanol–water partition coefficient (Wildman–Crippen LogP) is -0.715. The number of hydrogen-bond donors (Lipinski definition) is 0. The summed E-state index contributed by atoms with van der Waals surface area (Å²) in [5.74, 6) is 0. The van der Waals surface area contributed by atoms with Crippen LogP contribution in [0.3, 0.4) is 0 Å². The molecule has 0 radical (unpaired) electrons. The smallest absolute Gasteiger partial charge is 0.0103 e. The van der Waals surface area contributed by atoms with Crippen LogP contribution in [0.1, 0.15) is 0 Å². The van der Waals surface area contributed by atoms with Crippen LogP contribution in [0.15, 0.2) is 0 Å². The number of rotatable bonds is 3. The second-order valence-corrected chi connectivity index (χ2v) is 2.61. The van der Waals surface area contributed by atoms with Crippen LogP contribution in [-0.4, -0.2) is 56.6 Å². The second-order valence-electron chi connectivity index (χ2n) is 2.61. The predicted molar refractivity (Wildman–Crippen MR) is 40.7 cm³/mol. The Morgan fingerprint density at radius 2 is 1.00 bits per heavy atom. The van der Waals surface area contributed by atoms with Gasteiger partial charge in [0.25, 0.3) is 0 Å². The molecule has 2 N–H and O–H groups in total. The van der Waals surface area contributed by atoms with E-state index in [1.807, 2.05) is 0 Å². The molecule has 0 aliphatic carbocycles. The first kappa shape index (κ1) is 11.6. The molecule has 0 saturated heterocycles. The second kappa shape index (κ2) is 6.01. The van der Waals surface area contributed by atoms with E-state index in [-0.39, 0.29) is 5.48 Å². The van der Waals surface area contributed by atoms with Gasteiger partial charge in [-0.25, -0.2) is 0 Å². The zero-order valence-corrected chi connectivity index (χ0v) is 6.81. The summed E-state index contributed by atoms with van der Waals surface area (Å²) in [5, 5.41) is 0. The van der Waals surface area contributed by atoms with E-state index in [9.17, 15) is 0 Å². The minimum atomic E-state index is 0. The Morgan fingerprint density at radius 3 is 1.11 bits per heavy atom. The first-order chi connectivity index (χ1) is 3.63. The van der Waals surface area contributed by atoms with Crippen LogP contribution in [-0.2, 0) is 0 Å². The maximum Gasteiger partial charge on any atom is 0.0103 e. The lowest BCUT2D eigenvalue weighted by molar-refractivity contribution is 0.320. The van der Waals surface area contributed by atoms with Gasteiger partial charge in [-0.05, 0) is 28.2 Å². The molecule has 0 fully saturated rings. The van der Waals surface area contributed by atoms with E-state index in [1.165, 1.54) is 0 Å². The molecule has 0 aromatic rings. The highest BCUT2D eigenvalue weighted by Gasteiger charge is 1.89. The minimum absolute atomic E-state index is 0. The van der Waals surface area contributed by atoms with Gasteiger partial charge in [-0.1, -0.05) is 0 Å². The summed E-state index contributed by atoms with van der Waals surface area (Å²) in [4.78, 5) is 4.36. The molecule has 0 aromatic heterocycles. The van der Waals surface area contributed by atoms with E-state index in [0.29, 0.717) is 0 Å². The maximum atomic E-state index is 2.18. The Balaban J connectivity index is 0. The largest absolute Gasteiger partial charge is 0.412 e. The number of hydrogen-bond acceptors (Lipinski definition) is 2. The van der Waals surface area contributed by atoms with Crippen molar-refractivity contribution in [2.75, 3.05) is 41.3 Å². The molecule has 3 heteroatoms. The van der Waals surface area contributed by atoms with Gasteiger partial charge in [0, 0.05) is 13.1 Å². The summed E-state index contributed by atoms with van der Waals surface area (Å²) >= 11 is 0. The molecule has 0 aromatic carbocycles. The lowest BCUT2D eigenvalue weighted by Gasteiger charge is -2.13. The van der Waals surface area contributed by atoms with Crippen LogP contribution in [0.5, 0.6) is 0 Å². The van der Waals surface area contributed by atoms with Crippen molar-refractivity contribution in [1.29, 1.82) is 0 Å². The Kier molecular flexibility index (Phi) is 7.77. The molecule has 9 heavy (non-hydrogen) atoms. The summed E-state index contributed by atoms with van der Waals surface area (Å²) in [5.41, 5.74) is 0. The Morgan fingerprint density at radius 1 is 0.778 bits per heavy atom. The van der Waals surface area contributed by atoms with Crippen molar-refractivity contribution < 1.29 is 5.48 Å². The van der Waals surface area contributed by atoms with Gasteiger partial charge in [0.1, 0.15) is 0 Å². The Hall–Kier alpha value is -0.120. The van der Waals surface area contributed by atoms with Crippen LogP contribution >= 0.6 is 0 Å². The molecule has 0 spiro atoms. The quantitative estimate of drug-likeness (QED) is 0.511. The molecule has 0 rings (SSSR count). The van der Waals surface area contributed by atoms with Gasteiger partial charge < -0.3 is 15.3 Å². The van der Waals surface area contributed by atoms with Crippen molar-refractivity contribution in [2.24, 2.45) is 0 Å². The van der Waals surface area contributed by atoms with Crippen molar-refractivity contribution in [1.82, 2.24) is 9.80 Å². The third-order valence-electron chi connectivity index (χ3n) is 0.994. The van der Waals surface area contributed by atoms with Gasteiger partial charge in [-0.3, -0.25) is 0 Å². The zero-order valence-electron chi connectivity index (χ0n) is 6.81. The Bertz CT molecular complexity index is 47.0. The third kappa shape index (κ3) is 11.4. The van der Waals surface area contributed by atoms with Gasteiger partial charge >= 0.3 is 0 Å². The average molecular weight is 134 g/mol. The van der Waals surface area contributed by atoms with Crippen LogP contribution in [0, 0.1) is 0 Å². The van der Waals surface area contributed by atoms with Gasteiger partial charge in [-0.2, -0.15) is 0 Å². The monoisotopic (exact) mass is 134 g/mol. The molecule has 0 bridgehead atoms. The van der Waals surface area contributed by atoms with E-state index in [2.05, 4.69) is 38.0 Å². The van der Waals surface area contributed by atoms with Gasteiger partial charge in [0.15, 0.2) is 0 Å².